The zero-order valence-corrected chi connectivity index (χ0v) is 12.6. The second-order valence-electron chi connectivity index (χ2n) is 4.57. The van der Waals surface area contributed by atoms with Crippen LogP contribution in [-0.4, -0.2) is 9.78 Å². The smallest absolute Gasteiger partial charge is 0.0819 e. The highest BCUT2D eigenvalue weighted by Gasteiger charge is 2.02. The number of benzene rings is 2. The number of para-hydroxylation sites is 1. The first-order valence-electron chi connectivity index (χ1n) is 6.51. The average Bonchev–Trinajstić information content (AvgIpc) is 2.98. The minimum absolute atomic E-state index is 0.538. The Morgan fingerprint density at radius 2 is 1.76 bits per heavy atom. The summed E-state index contributed by atoms with van der Waals surface area (Å²) in [4.78, 5) is 0. The monoisotopic (exact) mass is 317 g/mol. The summed E-state index contributed by atoms with van der Waals surface area (Å²) >= 11 is 11.9. The predicted molar refractivity (Wildman–Crippen MR) is 87.4 cm³/mol. The van der Waals surface area contributed by atoms with Crippen LogP contribution in [0.5, 0.6) is 0 Å². The van der Waals surface area contributed by atoms with E-state index in [0.29, 0.717) is 16.6 Å². The highest BCUT2D eigenvalue weighted by Crippen LogP contribution is 2.25. The highest BCUT2D eigenvalue weighted by molar-refractivity contribution is 6.42. The maximum atomic E-state index is 5.99. The molecule has 0 aliphatic carbocycles. The predicted octanol–water partition coefficient (Wildman–Crippen LogP) is 4.79. The van der Waals surface area contributed by atoms with Gasteiger partial charge in [-0.3, -0.25) is 0 Å². The molecule has 0 saturated carbocycles. The van der Waals surface area contributed by atoms with Gasteiger partial charge in [-0.2, -0.15) is 5.10 Å². The minimum atomic E-state index is 0.538. The fourth-order valence-corrected chi connectivity index (χ4v) is 2.28. The molecule has 0 aliphatic heterocycles. The second-order valence-corrected chi connectivity index (χ2v) is 5.38. The van der Waals surface area contributed by atoms with E-state index >= 15 is 0 Å². The molecule has 0 saturated heterocycles. The van der Waals surface area contributed by atoms with E-state index < -0.39 is 0 Å². The molecule has 0 atom stereocenters. The van der Waals surface area contributed by atoms with E-state index in [1.165, 1.54) is 0 Å². The van der Waals surface area contributed by atoms with Crippen LogP contribution in [0.2, 0.25) is 10.0 Å². The molecule has 5 heteroatoms. The van der Waals surface area contributed by atoms with E-state index in [1.807, 2.05) is 53.3 Å². The summed E-state index contributed by atoms with van der Waals surface area (Å²) in [6, 6.07) is 17.5. The van der Waals surface area contributed by atoms with Crippen LogP contribution in [0.15, 0.2) is 60.8 Å². The first kappa shape index (κ1) is 14.0. The molecule has 1 heterocycles. The Morgan fingerprint density at radius 3 is 2.52 bits per heavy atom. The van der Waals surface area contributed by atoms with Crippen LogP contribution in [0.4, 0.5) is 5.69 Å². The van der Waals surface area contributed by atoms with Gasteiger partial charge >= 0.3 is 0 Å². The highest BCUT2D eigenvalue weighted by atomic mass is 35.5. The van der Waals surface area contributed by atoms with Crippen LogP contribution in [0.1, 0.15) is 5.69 Å². The zero-order valence-electron chi connectivity index (χ0n) is 11.1. The third-order valence-electron chi connectivity index (χ3n) is 3.06. The largest absolute Gasteiger partial charge is 0.379 e. The van der Waals surface area contributed by atoms with Crippen LogP contribution < -0.4 is 5.32 Å². The molecule has 0 bridgehead atoms. The van der Waals surface area contributed by atoms with Crippen molar-refractivity contribution in [1.29, 1.82) is 0 Å². The number of aromatic nitrogens is 2. The summed E-state index contributed by atoms with van der Waals surface area (Å²) < 4.78 is 1.85. The van der Waals surface area contributed by atoms with Crippen molar-refractivity contribution in [3.8, 4) is 5.69 Å². The van der Waals surface area contributed by atoms with Gasteiger partial charge in [0, 0.05) is 11.9 Å². The number of nitrogens with zero attached hydrogens (tertiary/aromatic N) is 2. The van der Waals surface area contributed by atoms with E-state index in [9.17, 15) is 0 Å². The molecule has 2 aromatic carbocycles. The summed E-state index contributed by atoms with van der Waals surface area (Å²) in [6.45, 7) is 0.623. The number of halogens is 2. The van der Waals surface area contributed by atoms with Crippen LogP contribution in [0.3, 0.4) is 0 Å². The number of nitrogens with one attached hydrogen (secondary N) is 1. The molecular weight excluding hydrogens is 305 g/mol. The lowest BCUT2D eigenvalue weighted by molar-refractivity contribution is 0.844. The minimum Gasteiger partial charge on any atom is -0.379 e. The Kier molecular flexibility index (Phi) is 4.13. The van der Waals surface area contributed by atoms with Crippen LogP contribution >= 0.6 is 23.2 Å². The first-order valence-corrected chi connectivity index (χ1v) is 7.27. The molecule has 1 aromatic heterocycles. The topological polar surface area (TPSA) is 29.9 Å². The summed E-state index contributed by atoms with van der Waals surface area (Å²) in [5.41, 5.74) is 2.90. The van der Waals surface area contributed by atoms with Crippen molar-refractivity contribution in [3.05, 3.63) is 76.5 Å². The lowest BCUT2D eigenvalue weighted by atomic mass is 10.3. The SMILES string of the molecule is Clc1ccc(NCc2ccn(-c3ccccc3)n2)cc1Cl. The Hall–Kier alpha value is -1.97. The van der Waals surface area contributed by atoms with Gasteiger partial charge in [0.1, 0.15) is 0 Å². The summed E-state index contributed by atoms with van der Waals surface area (Å²) in [5, 5.41) is 8.90. The van der Waals surface area contributed by atoms with E-state index in [0.717, 1.165) is 17.1 Å². The van der Waals surface area contributed by atoms with Crippen molar-refractivity contribution in [1.82, 2.24) is 9.78 Å². The molecule has 0 fully saturated rings. The van der Waals surface area contributed by atoms with Gasteiger partial charge in [0.15, 0.2) is 0 Å². The van der Waals surface area contributed by atoms with Gasteiger partial charge in [0.25, 0.3) is 0 Å². The molecule has 0 aliphatic rings. The first-order chi connectivity index (χ1) is 10.2. The number of hydrogen-bond donors (Lipinski definition) is 1. The van der Waals surface area contributed by atoms with Crippen molar-refractivity contribution < 1.29 is 0 Å². The Balaban J connectivity index is 1.69. The third-order valence-corrected chi connectivity index (χ3v) is 3.80. The van der Waals surface area contributed by atoms with Crippen molar-refractivity contribution in [2.75, 3.05) is 5.32 Å². The van der Waals surface area contributed by atoms with Gasteiger partial charge in [-0.25, -0.2) is 4.68 Å². The molecule has 0 unspecified atom stereocenters. The molecular formula is C16H13Cl2N3. The van der Waals surface area contributed by atoms with E-state index in [2.05, 4.69) is 10.4 Å². The normalized spacial score (nSPS) is 10.6. The summed E-state index contributed by atoms with van der Waals surface area (Å²) in [5.74, 6) is 0. The number of rotatable bonds is 4. The summed E-state index contributed by atoms with van der Waals surface area (Å²) in [6.07, 6.45) is 1.95. The molecule has 0 amide bonds. The maximum absolute atomic E-state index is 5.99. The van der Waals surface area contributed by atoms with Gasteiger partial charge in [-0.15, -0.1) is 0 Å². The van der Waals surface area contributed by atoms with Crippen LogP contribution in [-0.2, 0) is 6.54 Å². The van der Waals surface area contributed by atoms with Crippen molar-refractivity contribution in [2.45, 2.75) is 6.54 Å². The van der Waals surface area contributed by atoms with Gasteiger partial charge in [0.2, 0.25) is 0 Å². The lowest BCUT2D eigenvalue weighted by Crippen LogP contribution is -2.02. The van der Waals surface area contributed by atoms with E-state index in [4.69, 9.17) is 23.2 Å². The molecule has 3 rings (SSSR count). The molecule has 0 spiro atoms. The Bertz CT molecular complexity index is 738. The van der Waals surface area contributed by atoms with E-state index in [-0.39, 0.29) is 0 Å². The van der Waals surface area contributed by atoms with Crippen molar-refractivity contribution >= 4 is 28.9 Å². The van der Waals surface area contributed by atoms with Gasteiger partial charge in [-0.05, 0) is 36.4 Å². The molecule has 3 nitrogen and oxygen atoms in total. The van der Waals surface area contributed by atoms with Crippen molar-refractivity contribution in [3.63, 3.8) is 0 Å². The molecule has 0 radical (unpaired) electrons. The van der Waals surface area contributed by atoms with Crippen molar-refractivity contribution in [2.24, 2.45) is 0 Å². The van der Waals surface area contributed by atoms with E-state index in [1.54, 1.807) is 12.1 Å². The summed E-state index contributed by atoms with van der Waals surface area (Å²) in [7, 11) is 0. The number of hydrogen-bond acceptors (Lipinski definition) is 2. The third kappa shape index (κ3) is 3.38. The molecule has 3 aromatic rings. The lowest BCUT2D eigenvalue weighted by Gasteiger charge is -2.05. The quantitative estimate of drug-likeness (QED) is 0.749. The fraction of sp³-hybridized carbons (Fsp3) is 0.0625. The van der Waals surface area contributed by atoms with Crippen LogP contribution in [0.25, 0.3) is 5.69 Å². The average molecular weight is 318 g/mol. The van der Waals surface area contributed by atoms with Gasteiger partial charge in [0.05, 0.1) is 28.0 Å². The zero-order chi connectivity index (χ0) is 14.7. The number of anilines is 1. The molecule has 21 heavy (non-hydrogen) atoms. The Labute approximate surface area is 133 Å². The van der Waals surface area contributed by atoms with Gasteiger partial charge in [-0.1, -0.05) is 41.4 Å². The van der Waals surface area contributed by atoms with Gasteiger partial charge < -0.3 is 5.32 Å². The molecule has 106 valence electrons. The standard InChI is InChI=1S/C16H13Cl2N3/c17-15-7-6-12(10-16(15)18)19-11-13-8-9-21(20-13)14-4-2-1-3-5-14/h1-10,19H,11H2. The Morgan fingerprint density at radius 1 is 0.952 bits per heavy atom. The maximum Gasteiger partial charge on any atom is 0.0819 e. The molecule has 1 N–H and O–H groups in total. The van der Waals surface area contributed by atoms with Crippen LogP contribution in [0, 0.1) is 0 Å². The fourth-order valence-electron chi connectivity index (χ4n) is 1.98. The second kappa shape index (κ2) is 6.20.